The molecule has 3 amide bonds. The summed E-state index contributed by atoms with van der Waals surface area (Å²) in [6, 6.07) is 24.5. The first-order valence-corrected chi connectivity index (χ1v) is 13.1. The fraction of sp³-hybridized carbons (Fsp3) is 0.258. The Labute approximate surface area is 229 Å². The number of carbonyl (C=O) groups is 2. The summed E-state index contributed by atoms with van der Waals surface area (Å²) in [5.74, 6) is 0.934. The summed E-state index contributed by atoms with van der Waals surface area (Å²) in [6.45, 7) is 6.47. The van der Waals surface area contributed by atoms with Crippen LogP contribution in [0.4, 0.5) is 16.3 Å². The van der Waals surface area contributed by atoms with Crippen LogP contribution in [0.15, 0.2) is 78.9 Å². The molecule has 1 aromatic heterocycles. The van der Waals surface area contributed by atoms with Crippen LogP contribution in [0.5, 0.6) is 5.75 Å². The second-order valence-electron chi connectivity index (χ2n) is 9.46. The van der Waals surface area contributed by atoms with E-state index in [0.717, 1.165) is 40.9 Å². The van der Waals surface area contributed by atoms with E-state index in [2.05, 4.69) is 16.7 Å². The lowest BCUT2D eigenvalue weighted by atomic mass is 10.1. The monoisotopic (exact) mass is 525 g/mol. The molecule has 0 spiro atoms. The Bertz CT molecular complexity index is 1410. The van der Waals surface area contributed by atoms with Gasteiger partial charge in [0.1, 0.15) is 18.1 Å². The molecule has 8 heteroatoms. The van der Waals surface area contributed by atoms with Crippen molar-refractivity contribution in [2.45, 2.75) is 33.6 Å². The highest BCUT2D eigenvalue weighted by molar-refractivity contribution is 5.97. The zero-order valence-corrected chi connectivity index (χ0v) is 22.9. The van der Waals surface area contributed by atoms with Gasteiger partial charge in [0.25, 0.3) is 0 Å². The molecule has 4 aromatic rings. The third-order valence-electron chi connectivity index (χ3n) is 6.37. The van der Waals surface area contributed by atoms with Crippen LogP contribution in [-0.4, -0.2) is 46.8 Å². The molecule has 0 fully saturated rings. The van der Waals surface area contributed by atoms with Gasteiger partial charge >= 0.3 is 6.03 Å². The Morgan fingerprint density at radius 2 is 1.69 bits per heavy atom. The predicted octanol–water partition coefficient (Wildman–Crippen LogP) is 6.44. The van der Waals surface area contributed by atoms with Gasteiger partial charge in [-0.25, -0.2) is 9.48 Å². The van der Waals surface area contributed by atoms with Crippen LogP contribution >= 0.6 is 0 Å². The SMILES string of the molecule is CCCCN(CC(=O)Nc1cc(-c2ccccc2)nn1-c1ccc(C)cc1C)C(=O)Nc1ccc(OC)cc1. The van der Waals surface area contributed by atoms with Crippen LogP contribution < -0.4 is 15.4 Å². The molecular weight excluding hydrogens is 490 g/mol. The molecule has 0 bridgehead atoms. The average Bonchev–Trinajstić information content (AvgIpc) is 3.35. The molecule has 4 rings (SSSR count). The van der Waals surface area contributed by atoms with E-state index in [1.54, 1.807) is 36.1 Å². The van der Waals surface area contributed by atoms with E-state index < -0.39 is 0 Å². The van der Waals surface area contributed by atoms with E-state index in [1.807, 2.05) is 69.3 Å². The molecule has 0 aliphatic heterocycles. The lowest BCUT2D eigenvalue weighted by Crippen LogP contribution is -2.41. The molecule has 202 valence electrons. The predicted molar refractivity (Wildman–Crippen MR) is 156 cm³/mol. The maximum absolute atomic E-state index is 13.3. The van der Waals surface area contributed by atoms with Crippen LogP contribution in [-0.2, 0) is 4.79 Å². The quantitative estimate of drug-likeness (QED) is 0.249. The Balaban J connectivity index is 1.56. The minimum absolute atomic E-state index is 0.0965. The van der Waals surface area contributed by atoms with Gasteiger partial charge in [0.05, 0.1) is 18.5 Å². The van der Waals surface area contributed by atoms with Crippen molar-refractivity contribution in [3.05, 3.63) is 90.0 Å². The number of ether oxygens (including phenoxy) is 1. The van der Waals surface area contributed by atoms with Gasteiger partial charge in [-0.1, -0.05) is 61.4 Å². The topological polar surface area (TPSA) is 88.5 Å². The molecule has 0 saturated carbocycles. The van der Waals surface area contributed by atoms with Crippen LogP contribution in [0, 0.1) is 13.8 Å². The zero-order chi connectivity index (χ0) is 27.8. The lowest BCUT2D eigenvalue weighted by molar-refractivity contribution is -0.116. The molecule has 0 aliphatic carbocycles. The zero-order valence-electron chi connectivity index (χ0n) is 22.9. The summed E-state index contributed by atoms with van der Waals surface area (Å²) in [5.41, 5.74) is 5.37. The van der Waals surface area contributed by atoms with Crippen molar-refractivity contribution < 1.29 is 14.3 Å². The van der Waals surface area contributed by atoms with Gasteiger partial charge in [-0.15, -0.1) is 0 Å². The van der Waals surface area contributed by atoms with Crippen molar-refractivity contribution in [3.63, 3.8) is 0 Å². The number of unbranched alkanes of at least 4 members (excludes halogenated alkanes) is 1. The summed E-state index contributed by atoms with van der Waals surface area (Å²) in [6.07, 6.45) is 1.68. The van der Waals surface area contributed by atoms with Crippen LogP contribution in [0.2, 0.25) is 0 Å². The molecule has 2 N–H and O–H groups in total. The molecule has 0 radical (unpaired) electrons. The van der Waals surface area contributed by atoms with Crippen molar-refractivity contribution in [1.82, 2.24) is 14.7 Å². The van der Waals surface area contributed by atoms with Gasteiger partial charge in [0.15, 0.2) is 0 Å². The number of carbonyl (C=O) groups excluding carboxylic acids is 2. The number of hydrogen-bond acceptors (Lipinski definition) is 4. The Kier molecular flexibility index (Phi) is 8.99. The first-order valence-electron chi connectivity index (χ1n) is 13.1. The number of anilines is 2. The minimum Gasteiger partial charge on any atom is -0.497 e. The van der Waals surface area contributed by atoms with Crippen molar-refractivity contribution in [1.29, 1.82) is 0 Å². The maximum Gasteiger partial charge on any atom is 0.322 e. The smallest absolute Gasteiger partial charge is 0.322 e. The summed E-state index contributed by atoms with van der Waals surface area (Å²) in [4.78, 5) is 27.9. The summed E-state index contributed by atoms with van der Waals surface area (Å²) >= 11 is 0. The van der Waals surface area contributed by atoms with Crippen LogP contribution in [0.3, 0.4) is 0 Å². The van der Waals surface area contributed by atoms with E-state index in [4.69, 9.17) is 9.84 Å². The number of nitrogens with one attached hydrogen (secondary N) is 2. The first kappa shape index (κ1) is 27.4. The van der Waals surface area contributed by atoms with Crippen LogP contribution in [0.25, 0.3) is 16.9 Å². The van der Waals surface area contributed by atoms with E-state index in [-0.39, 0.29) is 18.5 Å². The molecule has 0 atom stereocenters. The highest BCUT2D eigenvalue weighted by atomic mass is 16.5. The van der Waals surface area contributed by atoms with Gasteiger partial charge in [-0.3, -0.25) is 4.79 Å². The molecule has 8 nitrogen and oxygen atoms in total. The fourth-order valence-corrected chi connectivity index (χ4v) is 4.28. The minimum atomic E-state index is -0.336. The van der Waals surface area contributed by atoms with Crippen molar-refractivity contribution >= 4 is 23.4 Å². The number of aryl methyl sites for hydroxylation is 2. The Morgan fingerprint density at radius 1 is 0.949 bits per heavy atom. The molecular formula is C31H35N5O3. The summed E-state index contributed by atoms with van der Waals surface area (Å²) in [5, 5.41) is 10.7. The standard InChI is InChI=1S/C31H35N5O3/c1-5-6-18-35(31(38)32-25-13-15-26(39-4)16-14-25)21-30(37)33-29-20-27(24-10-8-7-9-11-24)34-36(29)28-17-12-22(2)19-23(28)3/h7-17,19-20H,5-6,18,21H2,1-4H3,(H,32,38)(H,33,37). The molecule has 39 heavy (non-hydrogen) atoms. The number of nitrogens with zero attached hydrogens (tertiary/aromatic N) is 3. The second kappa shape index (κ2) is 12.8. The van der Waals surface area contributed by atoms with Crippen LogP contribution in [0.1, 0.15) is 30.9 Å². The fourth-order valence-electron chi connectivity index (χ4n) is 4.28. The second-order valence-corrected chi connectivity index (χ2v) is 9.46. The van der Waals surface area contributed by atoms with Crippen molar-refractivity contribution in [2.75, 3.05) is 30.8 Å². The van der Waals surface area contributed by atoms with Gasteiger partial charge in [0.2, 0.25) is 5.91 Å². The number of amides is 3. The summed E-state index contributed by atoms with van der Waals surface area (Å²) in [7, 11) is 1.59. The maximum atomic E-state index is 13.3. The van der Waals surface area contributed by atoms with E-state index >= 15 is 0 Å². The van der Waals surface area contributed by atoms with Gasteiger partial charge in [-0.2, -0.15) is 5.10 Å². The Morgan fingerprint density at radius 3 is 2.36 bits per heavy atom. The van der Waals surface area contributed by atoms with E-state index in [0.29, 0.717) is 23.8 Å². The highest BCUT2D eigenvalue weighted by Gasteiger charge is 2.20. The molecule has 0 unspecified atom stereocenters. The molecule has 1 heterocycles. The highest BCUT2D eigenvalue weighted by Crippen LogP contribution is 2.27. The molecule has 3 aromatic carbocycles. The number of rotatable bonds is 10. The lowest BCUT2D eigenvalue weighted by Gasteiger charge is -2.22. The third-order valence-corrected chi connectivity index (χ3v) is 6.37. The number of benzene rings is 3. The van der Waals surface area contributed by atoms with Gasteiger partial charge in [0, 0.05) is 23.9 Å². The van der Waals surface area contributed by atoms with Gasteiger partial charge in [-0.05, 0) is 56.2 Å². The van der Waals surface area contributed by atoms with Crippen molar-refractivity contribution in [3.8, 4) is 22.7 Å². The molecule has 0 saturated heterocycles. The van der Waals surface area contributed by atoms with E-state index in [9.17, 15) is 9.59 Å². The van der Waals surface area contributed by atoms with E-state index in [1.165, 1.54) is 4.90 Å². The number of hydrogen-bond donors (Lipinski definition) is 2. The summed E-state index contributed by atoms with van der Waals surface area (Å²) < 4.78 is 6.94. The average molecular weight is 526 g/mol. The normalized spacial score (nSPS) is 10.7. The Hall–Kier alpha value is -4.59. The third kappa shape index (κ3) is 7.04. The largest absolute Gasteiger partial charge is 0.497 e. The molecule has 0 aliphatic rings. The number of aromatic nitrogens is 2. The first-order chi connectivity index (χ1) is 18.9. The number of urea groups is 1. The number of methoxy groups -OCH3 is 1. The van der Waals surface area contributed by atoms with Gasteiger partial charge < -0.3 is 20.3 Å². The van der Waals surface area contributed by atoms with Crippen molar-refractivity contribution in [2.24, 2.45) is 0 Å².